The van der Waals surface area contributed by atoms with Crippen LogP contribution in [0.15, 0.2) is 5.16 Å². The summed E-state index contributed by atoms with van der Waals surface area (Å²) in [5.41, 5.74) is -0.529. The van der Waals surface area contributed by atoms with Gasteiger partial charge in [0.25, 0.3) is 0 Å². The van der Waals surface area contributed by atoms with Gasteiger partial charge in [-0.05, 0) is 31.9 Å². The number of hydrogen-bond donors (Lipinski definition) is 2. The van der Waals surface area contributed by atoms with Crippen LogP contribution in [0.5, 0.6) is 0 Å². The van der Waals surface area contributed by atoms with Gasteiger partial charge in [-0.3, -0.25) is 10.1 Å². The minimum absolute atomic E-state index is 0.170. The maximum atomic E-state index is 11.8. The van der Waals surface area contributed by atoms with E-state index in [2.05, 4.69) is 20.6 Å². The van der Waals surface area contributed by atoms with Crippen LogP contribution in [0.2, 0.25) is 0 Å². The van der Waals surface area contributed by atoms with Crippen LogP contribution in [-0.4, -0.2) is 33.2 Å². The standard InChI is InChI=1S/C15H23N5O2S/c1-23-15-18-13(16-10-6-2-3-7-10)12(20(21)22)14(19-15)17-11-8-4-5-9-11/h10-11H,2-9H2,1H3,(H2,16,17,18,19)/i2D2,3D2,4D2,5D2. The van der Waals surface area contributed by atoms with Crippen LogP contribution < -0.4 is 10.6 Å². The fourth-order valence-electron chi connectivity index (χ4n) is 2.42. The Labute approximate surface area is 151 Å². The Morgan fingerprint density at radius 1 is 1.09 bits per heavy atom. The molecule has 0 aliphatic heterocycles. The highest BCUT2D eigenvalue weighted by atomic mass is 32.2. The number of thioether (sulfide) groups is 1. The summed E-state index contributed by atoms with van der Waals surface area (Å²) >= 11 is 1.11. The van der Waals surface area contributed by atoms with Crippen molar-refractivity contribution in [3.8, 4) is 0 Å². The van der Waals surface area contributed by atoms with Crippen LogP contribution >= 0.6 is 11.8 Å². The highest BCUT2D eigenvalue weighted by Gasteiger charge is 2.29. The van der Waals surface area contributed by atoms with Crippen molar-refractivity contribution in [1.29, 1.82) is 0 Å². The van der Waals surface area contributed by atoms with Gasteiger partial charge in [0.15, 0.2) is 5.16 Å². The first-order valence-electron chi connectivity index (χ1n) is 11.2. The molecular weight excluding hydrogens is 314 g/mol. The summed E-state index contributed by atoms with van der Waals surface area (Å²) in [7, 11) is 0. The predicted molar refractivity (Wildman–Crippen MR) is 92.2 cm³/mol. The molecule has 2 aliphatic rings. The van der Waals surface area contributed by atoms with Gasteiger partial charge < -0.3 is 10.6 Å². The maximum Gasteiger partial charge on any atom is 0.353 e. The minimum atomic E-state index is -2.10. The van der Waals surface area contributed by atoms with E-state index in [9.17, 15) is 10.1 Å². The van der Waals surface area contributed by atoms with Crippen LogP contribution in [0.4, 0.5) is 17.3 Å². The molecule has 3 rings (SSSR count). The van der Waals surface area contributed by atoms with Crippen LogP contribution in [-0.2, 0) is 0 Å². The number of aromatic nitrogens is 2. The minimum Gasteiger partial charge on any atom is -0.361 e. The molecule has 2 aliphatic carbocycles. The van der Waals surface area contributed by atoms with Gasteiger partial charge in [0.1, 0.15) is 0 Å². The summed E-state index contributed by atoms with van der Waals surface area (Å²) in [6.45, 7) is 0. The zero-order valence-corrected chi connectivity index (χ0v) is 13.4. The van der Waals surface area contributed by atoms with Gasteiger partial charge in [0.2, 0.25) is 11.6 Å². The molecule has 0 unspecified atom stereocenters. The average molecular weight is 345 g/mol. The average Bonchev–Trinajstić information content (AvgIpc) is 2.91. The van der Waals surface area contributed by atoms with Gasteiger partial charge in [0, 0.05) is 23.0 Å². The summed E-state index contributed by atoms with van der Waals surface area (Å²) in [4.78, 5) is 19.4. The van der Waals surface area contributed by atoms with E-state index in [1.165, 1.54) is 0 Å². The van der Waals surface area contributed by atoms with Crippen LogP contribution in [0.25, 0.3) is 0 Å². The molecule has 8 heteroatoms. The number of nitrogens with zero attached hydrogens (tertiary/aromatic N) is 3. The van der Waals surface area contributed by atoms with Crippen LogP contribution in [0, 0.1) is 10.1 Å². The van der Waals surface area contributed by atoms with Crippen LogP contribution in [0.1, 0.15) is 62.1 Å². The first kappa shape index (κ1) is 9.05. The second-order valence-corrected chi connectivity index (χ2v) is 5.99. The highest BCUT2D eigenvalue weighted by Crippen LogP contribution is 2.35. The molecule has 1 aromatic heterocycles. The van der Waals surface area contributed by atoms with Crippen molar-refractivity contribution >= 4 is 29.1 Å². The summed E-state index contributed by atoms with van der Waals surface area (Å²) in [5.74, 6) is -0.372. The zero-order chi connectivity index (χ0) is 23.4. The molecule has 0 bridgehead atoms. The molecule has 0 spiro atoms. The van der Waals surface area contributed by atoms with Gasteiger partial charge in [-0.25, -0.2) is 0 Å². The van der Waals surface area contributed by atoms with Crippen molar-refractivity contribution in [2.45, 2.75) is 68.4 Å². The van der Waals surface area contributed by atoms with E-state index in [0.717, 1.165) is 11.8 Å². The van der Waals surface area contributed by atoms with E-state index >= 15 is 0 Å². The number of hydrogen-bond acceptors (Lipinski definition) is 7. The van der Waals surface area contributed by atoms with Gasteiger partial charge in [-0.2, -0.15) is 9.97 Å². The van der Waals surface area contributed by atoms with Crippen molar-refractivity contribution in [2.75, 3.05) is 16.9 Å². The molecule has 7 nitrogen and oxygen atoms in total. The molecule has 2 fully saturated rings. The lowest BCUT2D eigenvalue weighted by molar-refractivity contribution is -0.383. The summed E-state index contributed by atoms with van der Waals surface area (Å²) in [6.07, 6.45) is -7.51. The lowest BCUT2D eigenvalue weighted by Gasteiger charge is -2.17. The van der Waals surface area contributed by atoms with Gasteiger partial charge in [0.05, 0.1) is 4.92 Å². The third-order valence-electron chi connectivity index (χ3n) is 3.55. The Balaban J connectivity index is 1.93. The molecule has 1 heterocycles. The lowest BCUT2D eigenvalue weighted by atomic mass is 10.2. The fourth-order valence-corrected chi connectivity index (χ4v) is 2.78. The van der Waals surface area contributed by atoms with E-state index in [-0.39, 0.29) is 42.5 Å². The first-order chi connectivity index (χ1) is 14.1. The predicted octanol–water partition coefficient (Wildman–Crippen LogP) is 3.82. The van der Waals surface area contributed by atoms with E-state index in [4.69, 9.17) is 11.0 Å². The Morgan fingerprint density at radius 3 is 1.87 bits per heavy atom. The smallest absolute Gasteiger partial charge is 0.353 e. The van der Waals surface area contributed by atoms with Gasteiger partial charge in [-0.1, -0.05) is 37.3 Å². The van der Waals surface area contributed by atoms with E-state index in [1.807, 2.05) is 0 Å². The Morgan fingerprint density at radius 2 is 1.52 bits per heavy atom. The summed E-state index contributed by atoms with van der Waals surface area (Å²) < 4.78 is 62.9. The molecule has 0 amide bonds. The molecule has 23 heavy (non-hydrogen) atoms. The second-order valence-electron chi connectivity index (χ2n) is 5.22. The van der Waals surface area contributed by atoms with Crippen molar-refractivity contribution in [2.24, 2.45) is 0 Å². The van der Waals surface area contributed by atoms with Crippen molar-refractivity contribution in [3.63, 3.8) is 0 Å². The van der Waals surface area contributed by atoms with Crippen LogP contribution in [0.3, 0.4) is 0 Å². The van der Waals surface area contributed by atoms with Gasteiger partial charge in [-0.15, -0.1) is 0 Å². The third-order valence-corrected chi connectivity index (χ3v) is 4.10. The van der Waals surface area contributed by atoms with Crippen molar-refractivity contribution < 1.29 is 15.9 Å². The topological polar surface area (TPSA) is 93.0 Å². The molecular formula is C15H23N5O2S. The molecule has 126 valence electrons. The second kappa shape index (κ2) is 7.33. The third kappa shape index (κ3) is 3.85. The zero-order valence-electron chi connectivity index (χ0n) is 20.5. The molecule has 2 saturated carbocycles. The normalized spacial score (nSPS) is 33.1. The number of anilines is 2. The Hall–Kier alpha value is -1.57. The lowest BCUT2D eigenvalue weighted by Crippen LogP contribution is -2.21. The highest BCUT2D eigenvalue weighted by molar-refractivity contribution is 7.98. The molecule has 0 saturated heterocycles. The molecule has 1 aromatic rings. The van der Waals surface area contributed by atoms with Crippen molar-refractivity contribution in [3.05, 3.63) is 10.1 Å². The maximum absolute atomic E-state index is 11.8. The van der Waals surface area contributed by atoms with E-state index in [0.29, 0.717) is 0 Å². The molecule has 0 aromatic carbocycles. The molecule has 0 atom stereocenters. The largest absolute Gasteiger partial charge is 0.361 e. The molecule has 2 N–H and O–H groups in total. The summed E-state index contributed by atoms with van der Waals surface area (Å²) in [5, 5.41) is 17.6. The number of nitrogens with one attached hydrogen (secondary N) is 2. The Kier molecular flexibility index (Phi) is 2.89. The fraction of sp³-hybridized carbons (Fsp3) is 0.733. The number of nitro groups is 1. The Bertz CT molecular complexity index is 796. The first-order valence-corrected chi connectivity index (χ1v) is 8.44. The monoisotopic (exact) mass is 345 g/mol. The van der Waals surface area contributed by atoms with Crippen molar-refractivity contribution in [1.82, 2.24) is 9.97 Å². The SMILES string of the molecule is [2H]C1([2H])CC(Nc2nc(SC)nc(NC3CC([2H])([2H])C([2H])([2H])C3)c2[N+](=O)[O-])CC1([2H])[2H]. The quantitative estimate of drug-likeness (QED) is 0.350. The van der Waals surface area contributed by atoms with E-state index in [1.54, 1.807) is 6.26 Å². The molecule has 0 radical (unpaired) electrons. The summed E-state index contributed by atoms with van der Waals surface area (Å²) in [6, 6.07) is -1.45. The van der Waals surface area contributed by atoms with E-state index < -0.39 is 48.2 Å². The number of rotatable bonds is 6. The van der Waals surface area contributed by atoms with Gasteiger partial charge >= 0.3 is 5.69 Å².